The molecule has 1 aromatic heterocycles. The minimum absolute atomic E-state index is 0.246. The monoisotopic (exact) mass is 323 g/mol. The van der Waals surface area contributed by atoms with Gasteiger partial charge in [0.05, 0.1) is 18.2 Å². The summed E-state index contributed by atoms with van der Waals surface area (Å²) in [5.41, 5.74) is 3.78. The maximum atomic E-state index is 13.0. The maximum Gasteiger partial charge on any atom is 0.177 e. The van der Waals surface area contributed by atoms with Crippen molar-refractivity contribution in [1.82, 2.24) is 9.55 Å². The lowest BCUT2D eigenvalue weighted by Gasteiger charge is -2.09. The molecule has 0 fully saturated rings. The first-order valence-electron chi connectivity index (χ1n) is 7.16. The summed E-state index contributed by atoms with van der Waals surface area (Å²) in [6.07, 6.45) is 2.60. The number of nitriles is 1. The Morgan fingerprint density at radius 3 is 2.35 bits per heavy atom. The number of nitrogens with one attached hydrogen (secondary N) is 1. The number of hydrogen-bond acceptors (Lipinski definition) is 2. The van der Waals surface area contributed by atoms with E-state index in [-0.39, 0.29) is 5.82 Å². The van der Waals surface area contributed by atoms with E-state index >= 15 is 0 Å². The molecule has 1 N–H and O–H groups in total. The Balaban J connectivity index is 1.84. The number of imidazole rings is 1. The van der Waals surface area contributed by atoms with Gasteiger partial charge in [0.15, 0.2) is 4.77 Å². The molecule has 23 heavy (non-hydrogen) atoms. The van der Waals surface area contributed by atoms with Gasteiger partial charge < -0.3 is 9.55 Å². The van der Waals surface area contributed by atoms with Crippen LogP contribution in [0.2, 0.25) is 0 Å². The van der Waals surface area contributed by atoms with Crippen molar-refractivity contribution in [1.29, 1.82) is 5.26 Å². The van der Waals surface area contributed by atoms with Gasteiger partial charge in [0.25, 0.3) is 0 Å². The van der Waals surface area contributed by atoms with Gasteiger partial charge in [-0.3, -0.25) is 0 Å². The summed E-state index contributed by atoms with van der Waals surface area (Å²) in [7, 11) is 0. The first kappa shape index (κ1) is 15.2. The third-order valence-corrected chi connectivity index (χ3v) is 4.01. The second kappa shape index (κ2) is 6.59. The van der Waals surface area contributed by atoms with E-state index < -0.39 is 0 Å². The third-order valence-electron chi connectivity index (χ3n) is 3.68. The minimum atomic E-state index is -0.246. The van der Waals surface area contributed by atoms with Gasteiger partial charge in [-0.1, -0.05) is 24.3 Å². The first-order valence-corrected chi connectivity index (χ1v) is 7.57. The van der Waals surface area contributed by atoms with Crippen LogP contribution in [0.3, 0.4) is 0 Å². The molecule has 2 aromatic carbocycles. The molecule has 0 spiro atoms. The lowest BCUT2D eigenvalue weighted by atomic mass is 10.1. The molecule has 0 bridgehead atoms. The molecular weight excluding hydrogens is 309 g/mol. The van der Waals surface area contributed by atoms with Crippen LogP contribution < -0.4 is 0 Å². The van der Waals surface area contributed by atoms with Crippen molar-refractivity contribution >= 4 is 12.2 Å². The second-order valence-corrected chi connectivity index (χ2v) is 5.67. The molecule has 1 heterocycles. The molecule has 0 amide bonds. The molecule has 3 aromatic rings. The van der Waals surface area contributed by atoms with Gasteiger partial charge in [0.2, 0.25) is 0 Å². The summed E-state index contributed by atoms with van der Waals surface area (Å²) in [6.45, 7) is 0.591. The fourth-order valence-electron chi connectivity index (χ4n) is 2.43. The zero-order valence-corrected chi connectivity index (χ0v) is 13.1. The van der Waals surface area contributed by atoms with E-state index in [1.807, 2.05) is 22.9 Å². The predicted molar refractivity (Wildman–Crippen MR) is 89.1 cm³/mol. The van der Waals surface area contributed by atoms with E-state index in [0.717, 1.165) is 16.8 Å². The van der Waals surface area contributed by atoms with Crippen molar-refractivity contribution in [2.45, 2.75) is 13.0 Å². The Hall–Kier alpha value is -2.71. The molecule has 0 radical (unpaired) electrons. The van der Waals surface area contributed by atoms with Gasteiger partial charge in [-0.25, -0.2) is 4.39 Å². The molecule has 0 unspecified atom stereocenters. The van der Waals surface area contributed by atoms with Crippen molar-refractivity contribution in [3.8, 4) is 6.07 Å². The fourth-order valence-corrected chi connectivity index (χ4v) is 2.67. The molecule has 3 nitrogen and oxygen atoms in total. The number of nitrogens with zero attached hydrogens (tertiary/aromatic N) is 2. The predicted octanol–water partition coefficient (Wildman–Crippen LogP) is 4.20. The molecule has 5 heteroatoms. The Morgan fingerprint density at radius 2 is 1.70 bits per heavy atom. The summed E-state index contributed by atoms with van der Waals surface area (Å²) in [6, 6.07) is 16.0. The number of rotatable bonds is 4. The minimum Gasteiger partial charge on any atom is -0.337 e. The first-order chi connectivity index (χ1) is 11.2. The van der Waals surface area contributed by atoms with Gasteiger partial charge in [-0.2, -0.15) is 5.26 Å². The van der Waals surface area contributed by atoms with Gasteiger partial charge in [0.1, 0.15) is 5.82 Å². The number of H-pyrrole nitrogens is 1. The average Bonchev–Trinajstić information content (AvgIpc) is 2.91. The Kier molecular flexibility index (Phi) is 4.35. The number of benzene rings is 2. The number of aromatic nitrogens is 2. The summed E-state index contributed by atoms with van der Waals surface area (Å²) >= 11 is 5.34. The summed E-state index contributed by atoms with van der Waals surface area (Å²) in [5, 5.41) is 8.85. The van der Waals surface area contributed by atoms with E-state index in [0.29, 0.717) is 23.3 Å². The fraction of sp³-hybridized carbons (Fsp3) is 0.111. The normalized spacial score (nSPS) is 10.4. The standard InChI is InChI=1S/C18H14FN3S/c19-16-7-5-15(6-8-16)12-22-17(11-21-18(22)23)9-13-1-3-14(10-20)4-2-13/h1-8,11H,9,12H2,(H,21,23). The van der Waals surface area contributed by atoms with Crippen LogP contribution in [0.25, 0.3) is 0 Å². The molecule has 0 saturated carbocycles. The molecule has 0 aliphatic carbocycles. The molecule has 0 atom stereocenters. The van der Waals surface area contributed by atoms with Gasteiger partial charge >= 0.3 is 0 Å². The van der Waals surface area contributed by atoms with Crippen LogP contribution in [-0.4, -0.2) is 9.55 Å². The highest BCUT2D eigenvalue weighted by molar-refractivity contribution is 7.71. The topological polar surface area (TPSA) is 44.5 Å². The Bertz CT molecular complexity index is 899. The third kappa shape index (κ3) is 3.55. The average molecular weight is 323 g/mol. The second-order valence-electron chi connectivity index (χ2n) is 5.28. The highest BCUT2D eigenvalue weighted by atomic mass is 32.1. The van der Waals surface area contributed by atoms with Crippen LogP contribution in [-0.2, 0) is 13.0 Å². The zero-order valence-electron chi connectivity index (χ0n) is 12.3. The lowest BCUT2D eigenvalue weighted by Crippen LogP contribution is -2.05. The van der Waals surface area contributed by atoms with Gasteiger partial charge in [0, 0.05) is 18.3 Å². The quantitative estimate of drug-likeness (QED) is 0.732. The largest absolute Gasteiger partial charge is 0.337 e. The van der Waals surface area contributed by atoms with Crippen molar-refractivity contribution in [2.75, 3.05) is 0 Å². The molecule has 114 valence electrons. The van der Waals surface area contributed by atoms with E-state index in [2.05, 4.69) is 11.1 Å². The summed E-state index contributed by atoms with van der Waals surface area (Å²) < 4.78 is 15.7. The summed E-state index contributed by atoms with van der Waals surface area (Å²) in [4.78, 5) is 3.06. The molecule has 0 aliphatic rings. The Morgan fingerprint density at radius 1 is 1.04 bits per heavy atom. The van der Waals surface area contributed by atoms with Crippen LogP contribution in [0, 0.1) is 21.9 Å². The maximum absolute atomic E-state index is 13.0. The van der Waals surface area contributed by atoms with E-state index in [1.54, 1.807) is 24.3 Å². The highest BCUT2D eigenvalue weighted by Gasteiger charge is 2.06. The number of hydrogen-bond donors (Lipinski definition) is 1. The van der Waals surface area contributed by atoms with Crippen LogP contribution in [0.1, 0.15) is 22.4 Å². The molecule has 3 rings (SSSR count). The van der Waals surface area contributed by atoms with Gasteiger partial charge in [-0.05, 0) is 47.6 Å². The van der Waals surface area contributed by atoms with Crippen LogP contribution in [0.5, 0.6) is 0 Å². The lowest BCUT2D eigenvalue weighted by molar-refractivity contribution is 0.626. The molecular formula is C18H14FN3S. The highest BCUT2D eigenvalue weighted by Crippen LogP contribution is 2.14. The Labute approximate surface area is 138 Å². The van der Waals surface area contributed by atoms with E-state index in [9.17, 15) is 4.39 Å². The smallest absolute Gasteiger partial charge is 0.177 e. The molecule has 0 saturated heterocycles. The van der Waals surface area contributed by atoms with Crippen molar-refractivity contribution in [2.24, 2.45) is 0 Å². The van der Waals surface area contributed by atoms with Crippen molar-refractivity contribution in [3.63, 3.8) is 0 Å². The summed E-state index contributed by atoms with van der Waals surface area (Å²) in [5.74, 6) is -0.246. The van der Waals surface area contributed by atoms with E-state index in [4.69, 9.17) is 17.5 Å². The van der Waals surface area contributed by atoms with E-state index in [1.165, 1.54) is 12.1 Å². The number of aromatic amines is 1. The van der Waals surface area contributed by atoms with Crippen LogP contribution in [0.15, 0.2) is 54.7 Å². The molecule has 0 aliphatic heterocycles. The SMILES string of the molecule is N#Cc1ccc(Cc2c[nH]c(=S)n2Cc2ccc(F)cc2)cc1. The van der Waals surface area contributed by atoms with Crippen LogP contribution in [0.4, 0.5) is 4.39 Å². The van der Waals surface area contributed by atoms with Crippen molar-refractivity contribution < 1.29 is 4.39 Å². The zero-order chi connectivity index (χ0) is 16.2. The van der Waals surface area contributed by atoms with Gasteiger partial charge in [-0.15, -0.1) is 0 Å². The van der Waals surface area contributed by atoms with Crippen LogP contribution >= 0.6 is 12.2 Å². The number of halogens is 1. The van der Waals surface area contributed by atoms with Crippen molar-refractivity contribution in [3.05, 3.63) is 87.7 Å².